The van der Waals surface area contributed by atoms with E-state index in [0.717, 1.165) is 11.1 Å². The summed E-state index contributed by atoms with van der Waals surface area (Å²) in [7, 11) is -2.83. The van der Waals surface area contributed by atoms with Gasteiger partial charge in [-0.2, -0.15) is 0 Å². The Morgan fingerprint density at radius 3 is 2.42 bits per heavy atom. The van der Waals surface area contributed by atoms with Crippen molar-refractivity contribution in [2.45, 2.75) is 20.3 Å². The molecule has 0 saturated heterocycles. The summed E-state index contributed by atoms with van der Waals surface area (Å²) in [4.78, 5) is 11.2. The highest BCUT2D eigenvalue weighted by Crippen LogP contribution is 2.29. The minimum absolute atomic E-state index is 0.130. The van der Waals surface area contributed by atoms with Gasteiger partial charge in [-0.15, -0.1) is 0 Å². The van der Waals surface area contributed by atoms with E-state index in [0.29, 0.717) is 35.2 Å². The smallest absolute Gasteiger partial charge is 0.372 e. The Balaban J connectivity index is 1.91. The van der Waals surface area contributed by atoms with E-state index >= 15 is 0 Å². The fraction of sp³-hybridized carbons (Fsp3) is 0.211. The van der Waals surface area contributed by atoms with Gasteiger partial charge in [0.15, 0.2) is 0 Å². The van der Waals surface area contributed by atoms with E-state index < -0.39 is 16.9 Å². The quantitative estimate of drug-likeness (QED) is 0.647. The molecule has 1 heterocycles. The Kier molecular flexibility index (Phi) is 4.99. The van der Waals surface area contributed by atoms with Crippen molar-refractivity contribution in [1.82, 2.24) is 0 Å². The minimum Gasteiger partial charge on any atom is -0.475 e. The van der Waals surface area contributed by atoms with E-state index in [1.165, 1.54) is 4.31 Å². The van der Waals surface area contributed by atoms with Gasteiger partial charge in [-0.25, -0.2) is 13.2 Å². The fourth-order valence-corrected chi connectivity index (χ4v) is 3.44. The van der Waals surface area contributed by atoms with E-state index in [-0.39, 0.29) is 5.76 Å². The third-order valence-electron chi connectivity index (χ3n) is 4.34. The fourth-order valence-electron chi connectivity index (χ4n) is 2.87. The Bertz CT molecular complexity index is 1030. The molecular weight excluding hydrogens is 354 g/mol. The molecule has 0 atom stereocenters. The number of carbonyl (C=O) groups is 1. The van der Waals surface area contributed by atoms with Gasteiger partial charge >= 0.3 is 5.97 Å². The summed E-state index contributed by atoms with van der Waals surface area (Å²) in [6.45, 7) is 3.95. The number of rotatable bonds is 6. The zero-order chi connectivity index (χ0) is 18.8. The first-order chi connectivity index (χ1) is 12.4. The third kappa shape index (κ3) is 3.57. The van der Waals surface area contributed by atoms with Gasteiger partial charge in [-0.05, 0) is 44.0 Å². The lowest BCUT2D eigenvalue weighted by molar-refractivity contribution is 0.0664. The normalized spacial score (nSPS) is 11.2. The lowest BCUT2D eigenvalue weighted by Crippen LogP contribution is -2.23. The average molecular weight is 373 g/mol. The summed E-state index contributed by atoms with van der Waals surface area (Å²) < 4.78 is 30.1. The van der Waals surface area contributed by atoms with Gasteiger partial charge in [-0.1, -0.05) is 29.8 Å². The van der Waals surface area contributed by atoms with Crippen LogP contribution in [0, 0.1) is 13.8 Å². The summed E-state index contributed by atoms with van der Waals surface area (Å²) in [5.41, 5.74) is 3.58. The van der Waals surface area contributed by atoms with Crippen LogP contribution in [0.25, 0.3) is 11.0 Å². The lowest BCUT2D eigenvalue weighted by Gasteiger charge is -2.18. The van der Waals surface area contributed by atoms with Crippen molar-refractivity contribution in [3.63, 3.8) is 0 Å². The number of thiol groups is 1. The zero-order valence-corrected chi connectivity index (χ0v) is 15.3. The van der Waals surface area contributed by atoms with E-state index in [9.17, 15) is 13.2 Å². The molecule has 0 amide bonds. The van der Waals surface area contributed by atoms with Crippen LogP contribution in [-0.2, 0) is 17.3 Å². The number of anilines is 1. The van der Waals surface area contributed by atoms with Crippen molar-refractivity contribution in [2.75, 3.05) is 10.8 Å². The second kappa shape index (κ2) is 7.21. The highest BCUT2D eigenvalue weighted by atomic mass is 32.2. The van der Waals surface area contributed by atoms with Crippen molar-refractivity contribution in [2.24, 2.45) is 0 Å². The van der Waals surface area contributed by atoms with E-state index in [2.05, 4.69) is 0 Å². The molecule has 1 N–H and O–H groups in total. The van der Waals surface area contributed by atoms with Crippen LogP contribution in [0.5, 0.6) is 0 Å². The highest BCUT2D eigenvalue weighted by Gasteiger charge is 2.18. The predicted octanol–water partition coefficient (Wildman–Crippen LogP) is 3.32. The Hall–Kier alpha value is -2.80. The van der Waals surface area contributed by atoms with Crippen LogP contribution in [0.2, 0.25) is 0 Å². The number of furan rings is 1. The number of carboxylic acid groups (broad SMARTS) is 1. The van der Waals surface area contributed by atoms with Crippen molar-refractivity contribution in [3.05, 3.63) is 64.9 Å². The Morgan fingerprint density at radius 1 is 1.12 bits per heavy atom. The number of fused-ring (bicyclic) bond motifs is 1. The topological polar surface area (TPSA) is 87.8 Å². The number of hydrogen-bond donors (Lipinski definition) is 2. The standard InChI is InChI=1S/C19H19NO5S/c1-12-3-5-14(6-4-12)9-10-20(26(23)24)15-7-8-17-16(11-15)13(2)18(25-17)19(21)22/h3-8,11,26H,9-10H2,1-2H3,(H,21,22). The molecule has 0 fully saturated rings. The maximum Gasteiger partial charge on any atom is 0.372 e. The first kappa shape index (κ1) is 18.0. The van der Waals surface area contributed by atoms with Gasteiger partial charge in [-0.3, -0.25) is 4.31 Å². The maximum absolute atomic E-state index is 11.8. The number of hydrogen-bond acceptors (Lipinski definition) is 4. The molecule has 2 aromatic carbocycles. The average Bonchev–Trinajstić information content (AvgIpc) is 2.93. The molecule has 3 aromatic rings. The summed E-state index contributed by atoms with van der Waals surface area (Å²) in [6.07, 6.45) is 0.576. The minimum atomic E-state index is -2.83. The van der Waals surface area contributed by atoms with E-state index in [4.69, 9.17) is 9.52 Å². The van der Waals surface area contributed by atoms with Crippen molar-refractivity contribution in [1.29, 1.82) is 0 Å². The molecule has 0 saturated carbocycles. The second-order valence-electron chi connectivity index (χ2n) is 6.14. The van der Waals surface area contributed by atoms with Crippen molar-refractivity contribution >= 4 is 33.5 Å². The largest absolute Gasteiger partial charge is 0.475 e. The molecule has 0 aliphatic rings. The summed E-state index contributed by atoms with van der Waals surface area (Å²) in [5, 5.41) is 9.76. The molecular formula is C19H19NO5S. The molecule has 0 unspecified atom stereocenters. The van der Waals surface area contributed by atoms with Crippen LogP contribution in [0.3, 0.4) is 0 Å². The Labute approximate surface area is 152 Å². The molecule has 136 valence electrons. The van der Waals surface area contributed by atoms with Crippen LogP contribution < -0.4 is 4.31 Å². The first-order valence-corrected chi connectivity index (χ1v) is 9.23. The van der Waals surface area contributed by atoms with Crippen LogP contribution >= 0.6 is 0 Å². The lowest BCUT2D eigenvalue weighted by atomic mass is 10.1. The van der Waals surface area contributed by atoms with E-state index in [1.54, 1.807) is 25.1 Å². The molecule has 0 aliphatic carbocycles. The van der Waals surface area contributed by atoms with Crippen LogP contribution in [-0.4, -0.2) is 26.0 Å². The molecule has 7 heteroatoms. The number of carboxylic acids is 1. The molecule has 0 bridgehead atoms. The molecule has 0 aliphatic heterocycles. The summed E-state index contributed by atoms with van der Waals surface area (Å²) in [5.74, 6) is -1.28. The van der Waals surface area contributed by atoms with Crippen molar-refractivity contribution < 1.29 is 22.7 Å². The third-order valence-corrected chi connectivity index (χ3v) is 5.17. The highest BCUT2D eigenvalue weighted by molar-refractivity contribution is 7.74. The van der Waals surface area contributed by atoms with Gasteiger partial charge in [0.1, 0.15) is 5.58 Å². The second-order valence-corrected chi connectivity index (χ2v) is 7.10. The summed E-state index contributed by atoms with van der Waals surface area (Å²) >= 11 is 0. The van der Waals surface area contributed by atoms with Crippen LogP contribution in [0.15, 0.2) is 46.9 Å². The van der Waals surface area contributed by atoms with Crippen molar-refractivity contribution in [3.8, 4) is 0 Å². The van der Waals surface area contributed by atoms with Gasteiger partial charge in [0.25, 0.3) is 0 Å². The van der Waals surface area contributed by atoms with Gasteiger partial charge in [0.2, 0.25) is 16.7 Å². The monoisotopic (exact) mass is 373 g/mol. The zero-order valence-electron chi connectivity index (χ0n) is 14.4. The molecule has 1 aromatic heterocycles. The van der Waals surface area contributed by atoms with Crippen LogP contribution in [0.1, 0.15) is 27.2 Å². The van der Waals surface area contributed by atoms with Gasteiger partial charge < -0.3 is 9.52 Å². The van der Waals surface area contributed by atoms with Gasteiger partial charge in [0, 0.05) is 17.5 Å². The number of aryl methyl sites for hydroxylation is 2. The van der Waals surface area contributed by atoms with Gasteiger partial charge in [0.05, 0.1) is 5.69 Å². The maximum atomic E-state index is 11.8. The Morgan fingerprint density at radius 2 is 1.81 bits per heavy atom. The van der Waals surface area contributed by atoms with E-state index in [1.807, 2.05) is 31.2 Å². The molecule has 0 spiro atoms. The number of aromatic carboxylic acids is 1. The molecule has 26 heavy (non-hydrogen) atoms. The first-order valence-electron chi connectivity index (χ1n) is 8.10. The number of benzene rings is 2. The van der Waals surface area contributed by atoms with Crippen LogP contribution in [0.4, 0.5) is 5.69 Å². The predicted molar refractivity (Wildman–Crippen MR) is 100 cm³/mol. The molecule has 6 nitrogen and oxygen atoms in total. The molecule has 0 radical (unpaired) electrons. The molecule has 3 rings (SSSR count). The number of nitrogens with zero attached hydrogens (tertiary/aromatic N) is 1. The SMILES string of the molecule is Cc1ccc(CCN(c2ccc3oc(C(=O)O)c(C)c3c2)[SH](=O)=O)cc1. The summed E-state index contributed by atoms with van der Waals surface area (Å²) in [6, 6.07) is 12.8.